The van der Waals surface area contributed by atoms with Crippen LogP contribution in [-0.2, 0) is 9.59 Å². The van der Waals surface area contributed by atoms with E-state index in [2.05, 4.69) is 0 Å². The van der Waals surface area contributed by atoms with E-state index < -0.39 is 0 Å². The molecule has 1 aliphatic heterocycles. The zero-order valence-electron chi connectivity index (χ0n) is 5.99. The van der Waals surface area contributed by atoms with E-state index in [1.54, 1.807) is 4.90 Å². The van der Waals surface area contributed by atoms with Crippen LogP contribution < -0.4 is 0 Å². The van der Waals surface area contributed by atoms with Gasteiger partial charge in [-0.25, -0.2) is 0 Å². The van der Waals surface area contributed by atoms with E-state index >= 15 is 0 Å². The van der Waals surface area contributed by atoms with E-state index in [1.807, 2.05) is 6.92 Å². The Bertz CT molecular complexity index is 131. The quantitative estimate of drug-likeness (QED) is 0.510. The first-order valence-corrected chi connectivity index (χ1v) is 3.44. The number of nitrogens with zero attached hydrogens (tertiary/aromatic N) is 1. The van der Waals surface area contributed by atoms with Crippen molar-refractivity contribution >= 4 is 12.7 Å². The molecule has 0 aliphatic carbocycles. The highest BCUT2D eigenvalue weighted by molar-refractivity contribution is 5.64. The van der Waals surface area contributed by atoms with Gasteiger partial charge in [0, 0.05) is 6.54 Å². The maximum Gasteiger partial charge on any atom is 0.210 e. The summed E-state index contributed by atoms with van der Waals surface area (Å²) in [7, 11) is 0. The van der Waals surface area contributed by atoms with Gasteiger partial charge in [-0.1, -0.05) is 6.92 Å². The molecule has 3 heteroatoms. The molecule has 1 saturated heterocycles. The summed E-state index contributed by atoms with van der Waals surface area (Å²) in [5, 5.41) is 0. The van der Waals surface area contributed by atoms with Crippen molar-refractivity contribution in [3.8, 4) is 0 Å². The molecule has 56 valence electrons. The maximum absolute atomic E-state index is 10.3. The average molecular weight is 141 g/mol. The van der Waals surface area contributed by atoms with Crippen molar-refractivity contribution in [3.05, 3.63) is 0 Å². The minimum atomic E-state index is -0.160. The third kappa shape index (κ3) is 1.17. The highest BCUT2D eigenvalue weighted by Crippen LogP contribution is 2.18. The normalized spacial score (nSPS) is 32.3. The van der Waals surface area contributed by atoms with Crippen molar-refractivity contribution in [2.45, 2.75) is 19.4 Å². The second-order valence-corrected chi connectivity index (χ2v) is 2.85. The molecule has 0 aromatic heterocycles. The van der Waals surface area contributed by atoms with Crippen LogP contribution in [0.5, 0.6) is 0 Å². The van der Waals surface area contributed by atoms with Crippen molar-refractivity contribution in [3.63, 3.8) is 0 Å². The molecule has 2 atom stereocenters. The molecule has 1 amide bonds. The van der Waals surface area contributed by atoms with Gasteiger partial charge < -0.3 is 9.69 Å². The summed E-state index contributed by atoms with van der Waals surface area (Å²) in [6, 6.07) is -0.160. The standard InChI is InChI=1S/C7H11NO2/c1-6-2-7(4-9)8(3-6)5-10/h4-7H,2-3H2,1H3/t6-,7+/m1/s1. The molecule has 0 unspecified atom stereocenters. The average Bonchev–Trinajstić information content (AvgIpc) is 2.30. The van der Waals surface area contributed by atoms with Crippen LogP contribution in [0.2, 0.25) is 0 Å². The number of likely N-dealkylation sites (tertiary alicyclic amines) is 1. The molecule has 0 N–H and O–H groups in total. The second kappa shape index (κ2) is 2.82. The largest absolute Gasteiger partial charge is 0.335 e. The van der Waals surface area contributed by atoms with Gasteiger partial charge in [-0.3, -0.25) is 4.79 Å². The Kier molecular flexibility index (Phi) is 2.04. The third-order valence-corrected chi connectivity index (χ3v) is 1.88. The molecule has 3 nitrogen and oxygen atoms in total. The van der Waals surface area contributed by atoms with E-state index in [0.717, 1.165) is 25.7 Å². The van der Waals surface area contributed by atoms with Gasteiger partial charge in [0.05, 0.1) is 6.04 Å². The van der Waals surface area contributed by atoms with Crippen molar-refractivity contribution < 1.29 is 9.59 Å². The molecular formula is C7H11NO2. The molecule has 0 bridgehead atoms. The first-order valence-electron chi connectivity index (χ1n) is 3.44. The lowest BCUT2D eigenvalue weighted by Crippen LogP contribution is -2.28. The van der Waals surface area contributed by atoms with Gasteiger partial charge in [0.2, 0.25) is 6.41 Å². The Labute approximate surface area is 60.0 Å². The van der Waals surface area contributed by atoms with Gasteiger partial charge in [0.1, 0.15) is 6.29 Å². The third-order valence-electron chi connectivity index (χ3n) is 1.88. The summed E-state index contributed by atoms with van der Waals surface area (Å²) in [5.74, 6) is 0.473. The van der Waals surface area contributed by atoms with Crippen LogP contribution in [0.15, 0.2) is 0 Å². The number of amides is 1. The number of carbonyl (C=O) groups excluding carboxylic acids is 2. The van der Waals surface area contributed by atoms with Gasteiger partial charge in [-0.2, -0.15) is 0 Å². The summed E-state index contributed by atoms with van der Waals surface area (Å²) in [4.78, 5) is 22.2. The van der Waals surface area contributed by atoms with Gasteiger partial charge in [0.15, 0.2) is 0 Å². The van der Waals surface area contributed by atoms with Gasteiger partial charge in [0.25, 0.3) is 0 Å². The first kappa shape index (κ1) is 7.25. The Morgan fingerprint density at radius 1 is 1.50 bits per heavy atom. The number of hydrogen-bond acceptors (Lipinski definition) is 2. The van der Waals surface area contributed by atoms with Crippen molar-refractivity contribution in [1.29, 1.82) is 0 Å². The van der Waals surface area contributed by atoms with Crippen molar-refractivity contribution in [2.24, 2.45) is 5.92 Å². The van der Waals surface area contributed by atoms with Crippen molar-refractivity contribution in [1.82, 2.24) is 4.90 Å². The SMILES string of the molecule is C[C@@H]1C[C@@H](C=O)N(C=O)C1. The smallest absolute Gasteiger partial charge is 0.210 e. The van der Waals surface area contributed by atoms with Crippen molar-refractivity contribution in [2.75, 3.05) is 6.54 Å². The molecule has 0 spiro atoms. The number of rotatable bonds is 2. The van der Waals surface area contributed by atoms with Crippen LogP contribution in [0, 0.1) is 5.92 Å². The number of aldehydes is 1. The predicted octanol–water partition coefficient (Wildman–Crippen LogP) is 0.0521. The zero-order chi connectivity index (χ0) is 7.56. The zero-order valence-corrected chi connectivity index (χ0v) is 5.99. The monoisotopic (exact) mass is 141 g/mol. The topological polar surface area (TPSA) is 37.4 Å². The molecule has 0 saturated carbocycles. The fourth-order valence-corrected chi connectivity index (χ4v) is 1.37. The molecule has 1 aliphatic rings. The molecule has 0 aromatic carbocycles. The van der Waals surface area contributed by atoms with E-state index in [9.17, 15) is 9.59 Å². The van der Waals surface area contributed by atoms with Gasteiger partial charge in [-0.05, 0) is 12.3 Å². The number of carbonyl (C=O) groups is 2. The highest BCUT2D eigenvalue weighted by Gasteiger charge is 2.27. The first-order chi connectivity index (χ1) is 4.77. The minimum Gasteiger partial charge on any atom is -0.335 e. The summed E-state index contributed by atoms with van der Waals surface area (Å²) >= 11 is 0. The molecular weight excluding hydrogens is 130 g/mol. The highest BCUT2D eigenvalue weighted by atomic mass is 16.1. The predicted molar refractivity (Wildman–Crippen MR) is 36.4 cm³/mol. The van der Waals surface area contributed by atoms with Crippen LogP contribution in [-0.4, -0.2) is 30.2 Å². The molecule has 0 radical (unpaired) electrons. The van der Waals surface area contributed by atoms with Crippen LogP contribution in [0.25, 0.3) is 0 Å². The maximum atomic E-state index is 10.3. The van der Waals surface area contributed by atoms with Crippen LogP contribution in [0.3, 0.4) is 0 Å². The summed E-state index contributed by atoms with van der Waals surface area (Å²) in [5.41, 5.74) is 0. The Hall–Kier alpha value is -0.860. The summed E-state index contributed by atoms with van der Waals surface area (Å²) < 4.78 is 0. The van der Waals surface area contributed by atoms with Crippen LogP contribution in [0.4, 0.5) is 0 Å². The van der Waals surface area contributed by atoms with E-state index in [4.69, 9.17) is 0 Å². The summed E-state index contributed by atoms with van der Waals surface area (Å²) in [6.07, 6.45) is 2.42. The van der Waals surface area contributed by atoms with Crippen LogP contribution >= 0.6 is 0 Å². The van der Waals surface area contributed by atoms with E-state index in [0.29, 0.717) is 5.92 Å². The molecule has 10 heavy (non-hydrogen) atoms. The van der Waals surface area contributed by atoms with E-state index in [-0.39, 0.29) is 6.04 Å². The van der Waals surface area contributed by atoms with Crippen LogP contribution in [0.1, 0.15) is 13.3 Å². The van der Waals surface area contributed by atoms with Gasteiger partial charge in [-0.15, -0.1) is 0 Å². The Morgan fingerprint density at radius 2 is 2.20 bits per heavy atom. The lowest BCUT2D eigenvalue weighted by molar-refractivity contribution is -0.123. The molecule has 1 fully saturated rings. The van der Waals surface area contributed by atoms with E-state index in [1.165, 1.54) is 0 Å². The number of hydrogen-bond donors (Lipinski definition) is 0. The van der Waals surface area contributed by atoms with Gasteiger partial charge >= 0.3 is 0 Å². The molecule has 0 aromatic rings. The minimum absolute atomic E-state index is 0.160. The Balaban J connectivity index is 2.56. The summed E-state index contributed by atoms with van der Waals surface area (Å²) in [6.45, 7) is 2.77. The molecule has 1 rings (SSSR count). The lowest BCUT2D eigenvalue weighted by Gasteiger charge is -2.12. The fourth-order valence-electron chi connectivity index (χ4n) is 1.37. The molecule has 1 heterocycles. The Morgan fingerprint density at radius 3 is 2.60 bits per heavy atom. The fraction of sp³-hybridized carbons (Fsp3) is 0.714. The second-order valence-electron chi connectivity index (χ2n) is 2.85. The lowest BCUT2D eigenvalue weighted by atomic mass is 10.1.